The first-order valence-corrected chi connectivity index (χ1v) is 7.10. The van der Waals surface area contributed by atoms with Crippen LogP contribution in [-0.2, 0) is 0 Å². The van der Waals surface area contributed by atoms with Crippen molar-refractivity contribution in [1.82, 2.24) is 0 Å². The van der Waals surface area contributed by atoms with Crippen LogP contribution < -0.4 is 5.43 Å². The Kier molecular flexibility index (Phi) is 4.88. The Bertz CT molecular complexity index is 846. The summed E-state index contributed by atoms with van der Waals surface area (Å²) in [5, 5.41) is 26.0. The van der Waals surface area contributed by atoms with Crippen LogP contribution in [0.4, 0.5) is 17.1 Å². The zero-order chi connectivity index (χ0) is 17.9. The van der Waals surface area contributed by atoms with Gasteiger partial charge in [-0.1, -0.05) is 12.1 Å². The molecule has 0 amide bonds. The Labute approximate surface area is 138 Å². The van der Waals surface area contributed by atoms with Gasteiger partial charge in [0.05, 0.1) is 21.6 Å². The number of nitro groups is 2. The molecule has 0 aliphatic heterocycles. The topological polar surface area (TPSA) is 111 Å². The summed E-state index contributed by atoms with van der Waals surface area (Å²) in [6.45, 7) is 5.76. The van der Waals surface area contributed by atoms with E-state index >= 15 is 0 Å². The second-order valence-electron chi connectivity index (χ2n) is 5.32. The average Bonchev–Trinajstić information content (AvgIpc) is 2.54. The highest BCUT2D eigenvalue weighted by atomic mass is 16.6. The van der Waals surface area contributed by atoms with E-state index in [-0.39, 0.29) is 11.4 Å². The molecule has 2 rings (SSSR count). The summed E-state index contributed by atoms with van der Waals surface area (Å²) in [6, 6.07) is 9.22. The molecule has 0 heterocycles. The molecule has 124 valence electrons. The number of rotatable bonds is 5. The third kappa shape index (κ3) is 3.72. The SMILES string of the molecule is CC(=NNc1ccc([N+](=O)[O-])cc1[N+](=O)[O-])c1ccc(C)c(C)c1. The zero-order valence-electron chi connectivity index (χ0n) is 13.4. The van der Waals surface area contributed by atoms with Gasteiger partial charge < -0.3 is 0 Å². The average molecular weight is 328 g/mol. The Morgan fingerprint density at radius 3 is 2.29 bits per heavy atom. The van der Waals surface area contributed by atoms with Crippen LogP contribution in [-0.4, -0.2) is 15.6 Å². The van der Waals surface area contributed by atoms with Crippen molar-refractivity contribution < 1.29 is 9.85 Å². The van der Waals surface area contributed by atoms with Crippen LogP contribution >= 0.6 is 0 Å². The maximum Gasteiger partial charge on any atom is 0.301 e. The number of nitrogens with one attached hydrogen (secondary N) is 1. The first kappa shape index (κ1) is 17.1. The Balaban J connectivity index is 2.31. The molecule has 1 N–H and O–H groups in total. The van der Waals surface area contributed by atoms with Gasteiger partial charge in [-0.3, -0.25) is 25.7 Å². The Morgan fingerprint density at radius 1 is 1.00 bits per heavy atom. The predicted molar refractivity (Wildman–Crippen MR) is 91.5 cm³/mol. The number of hydrogen-bond acceptors (Lipinski definition) is 6. The number of nitrogens with zero attached hydrogens (tertiary/aromatic N) is 3. The van der Waals surface area contributed by atoms with E-state index in [1.807, 2.05) is 32.0 Å². The van der Waals surface area contributed by atoms with Crippen molar-refractivity contribution in [3.8, 4) is 0 Å². The van der Waals surface area contributed by atoms with E-state index in [2.05, 4.69) is 10.5 Å². The lowest BCUT2D eigenvalue weighted by atomic mass is 10.0. The minimum atomic E-state index is -0.684. The van der Waals surface area contributed by atoms with Crippen LogP contribution in [0, 0.1) is 34.1 Å². The molecule has 0 unspecified atom stereocenters. The van der Waals surface area contributed by atoms with E-state index < -0.39 is 15.5 Å². The van der Waals surface area contributed by atoms with Crippen molar-refractivity contribution in [2.75, 3.05) is 5.43 Å². The number of nitro benzene ring substituents is 2. The van der Waals surface area contributed by atoms with Gasteiger partial charge in [0.2, 0.25) is 0 Å². The molecule has 0 aliphatic rings. The van der Waals surface area contributed by atoms with Crippen molar-refractivity contribution in [3.05, 3.63) is 73.3 Å². The molecule has 0 fully saturated rings. The van der Waals surface area contributed by atoms with Gasteiger partial charge in [0.25, 0.3) is 5.69 Å². The largest absolute Gasteiger partial charge is 0.301 e. The lowest BCUT2D eigenvalue weighted by Gasteiger charge is -2.06. The molecule has 0 saturated carbocycles. The molecule has 24 heavy (non-hydrogen) atoms. The summed E-state index contributed by atoms with van der Waals surface area (Å²) < 4.78 is 0. The fourth-order valence-electron chi connectivity index (χ4n) is 2.05. The van der Waals surface area contributed by atoms with E-state index in [0.29, 0.717) is 5.71 Å². The number of non-ortho nitro benzene ring substituents is 1. The summed E-state index contributed by atoms with van der Waals surface area (Å²) in [6.07, 6.45) is 0. The van der Waals surface area contributed by atoms with Crippen molar-refractivity contribution in [3.63, 3.8) is 0 Å². The van der Waals surface area contributed by atoms with Gasteiger partial charge >= 0.3 is 5.69 Å². The highest BCUT2D eigenvalue weighted by molar-refractivity contribution is 5.99. The molecule has 0 aliphatic carbocycles. The Morgan fingerprint density at radius 2 is 1.71 bits per heavy atom. The molecular weight excluding hydrogens is 312 g/mol. The smallest absolute Gasteiger partial charge is 0.271 e. The molecule has 8 nitrogen and oxygen atoms in total. The summed E-state index contributed by atoms with van der Waals surface area (Å²) >= 11 is 0. The normalized spacial score (nSPS) is 11.2. The van der Waals surface area contributed by atoms with E-state index in [0.717, 1.165) is 22.8 Å². The van der Waals surface area contributed by atoms with Crippen molar-refractivity contribution >= 4 is 22.8 Å². The number of anilines is 1. The highest BCUT2D eigenvalue weighted by Crippen LogP contribution is 2.29. The molecule has 0 spiro atoms. The second kappa shape index (κ2) is 6.86. The second-order valence-corrected chi connectivity index (χ2v) is 5.32. The van der Waals surface area contributed by atoms with Crippen LogP contribution in [0.1, 0.15) is 23.6 Å². The fraction of sp³-hybridized carbons (Fsp3) is 0.188. The first-order chi connectivity index (χ1) is 11.3. The number of hydrazone groups is 1. The van der Waals surface area contributed by atoms with Crippen molar-refractivity contribution in [2.24, 2.45) is 5.10 Å². The van der Waals surface area contributed by atoms with E-state index in [1.54, 1.807) is 6.92 Å². The van der Waals surface area contributed by atoms with Gasteiger partial charge in [-0.15, -0.1) is 0 Å². The van der Waals surface area contributed by atoms with Gasteiger partial charge in [-0.25, -0.2) is 0 Å². The predicted octanol–water partition coefficient (Wildman–Crippen LogP) is 3.96. The molecular formula is C16H16N4O4. The van der Waals surface area contributed by atoms with Crippen LogP contribution in [0.25, 0.3) is 0 Å². The van der Waals surface area contributed by atoms with Gasteiger partial charge in [0.1, 0.15) is 5.69 Å². The number of benzene rings is 2. The van der Waals surface area contributed by atoms with Gasteiger partial charge in [0.15, 0.2) is 0 Å². The lowest BCUT2D eigenvalue weighted by molar-refractivity contribution is -0.393. The van der Waals surface area contributed by atoms with Crippen LogP contribution in [0.15, 0.2) is 41.5 Å². The molecule has 0 saturated heterocycles. The van der Waals surface area contributed by atoms with E-state index in [9.17, 15) is 20.2 Å². The molecule has 0 bridgehead atoms. The minimum Gasteiger partial charge on any atom is -0.271 e. The van der Waals surface area contributed by atoms with Crippen molar-refractivity contribution in [2.45, 2.75) is 20.8 Å². The Hall–Kier alpha value is -3.29. The molecule has 8 heteroatoms. The standard InChI is InChI=1S/C16H16N4O4/c1-10-4-5-13(8-11(10)2)12(3)17-18-15-7-6-14(19(21)22)9-16(15)20(23)24/h4-9,18H,1-3H3. The van der Waals surface area contributed by atoms with E-state index in [4.69, 9.17) is 0 Å². The fourth-order valence-corrected chi connectivity index (χ4v) is 2.05. The number of aryl methyl sites for hydroxylation is 2. The maximum atomic E-state index is 11.1. The lowest BCUT2D eigenvalue weighted by Crippen LogP contribution is -2.03. The van der Waals surface area contributed by atoms with Gasteiger partial charge in [-0.2, -0.15) is 5.10 Å². The van der Waals surface area contributed by atoms with Crippen LogP contribution in [0.5, 0.6) is 0 Å². The maximum absolute atomic E-state index is 11.1. The van der Waals surface area contributed by atoms with Crippen molar-refractivity contribution in [1.29, 1.82) is 0 Å². The summed E-state index contributed by atoms with van der Waals surface area (Å²) in [7, 11) is 0. The molecule has 0 atom stereocenters. The van der Waals surface area contributed by atoms with Gasteiger partial charge in [0, 0.05) is 6.07 Å². The van der Waals surface area contributed by atoms with Gasteiger partial charge in [-0.05, 0) is 49.6 Å². The summed E-state index contributed by atoms with van der Waals surface area (Å²) in [5.74, 6) is 0. The third-order valence-corrected chi connectivity index (χ3v) is 3.66. The molecule has 0 aromatic heterocycles. The molecule has 0 radical (unpaired) electrons. The molecule has 2 aromatic carbocycles. The zero-order valence-corrected chi connectivity index (χ0v) is 13.4. The third-order valence-electron chi connectivity index (χ3n) is 3.66. The first-order valence-electron chi connectivity index (χ1n) is 7.10. The van der Waals surface area contributed by atoms with Crippen LogP contribution in [0.3, 0.4) is 0 Å². The quantitative estimate of drug-likeness (QED) is 0.507. The molecule has 2 aromatic rings. The van der Waals surface area contributed by atoms with E-state index in [1.165, 1.54) is 12.1 Å². The summed E-state index contributed by atoms with van der Waals surface area (Å²) in [4.78, 5) is 20.5. The highest BCUT2D eigenvalue weighted by Gasteiger charge is 2.19. The monoisotopic (exact) mass is 328 g/mol. The minimum absolute atomic E-state index is 0.0915. The summed E-state index contributed by atoms with van der Waals surface area (Å²) in [5.41, 5.74) is 5.76. The van der Waals surface area contributed by atoms with Crippen LogP contribution in [0.2, 0.25) is 0 Å². The number of hydrogen-bond donors (Lipinski definition) is 1.